The molecule has 0 aromatic heterocycles. The van der Waals surface area contributed by atoms with E-state index in [0.717, 1.165) is 11.6 Å². The number of carboxylic acids is 1. The zero-order valence-electron chi connectivity index (χ0n) is 8.52. The molecule has 1 aromatic rings. The van der Waals surface area contributed by atoms with Gasteiger partial charge in [0.2, 0.25) is 0 Å². The number of halogens is 1. The second-order valence-electron chi connectivity index (χ2n) is 3.16. The van der Waals surface area contributed by atoms with Crippen molar-refractivity contribution in [2.24, 2.45) is 0 Å². The molecular weight excluding hydrogens is 272 g/mol. The summed E-state index contributed by atoms with van der Waals surface area (Å²) in [6.45, 7) is 0. The van der Waals surface area contributed by atoms with E-state index in [1.165, 1.54) is 6.08 Å². The number of rotatable bonds is 5. The molecule has 0 aliphatic rings. The van der Waals surface area contributed by atoms with Crippen LogP contribution in [0.15, 0.2) is 30.3 Å². The van der Waals surface area contributed by atoms with Crippen molar-refractivity contribution in [2.75, 3.05) is 5.33 Å². The summed E-state index contributed by atoms with van der Waals surface area (Å²) in [5.74, 6) is -0.912. The Kier molecular flexibility index (Phi) is 4.92. The lowest BCUT2D eigenvalue weighted by molar-refractivity contribution is -0.131. The second kappa shape index (κ2) is 6.23. The molecular formula is C12H11BrO3. The minimum absolute atomic E-state index is 0.0747. The van der Waals surface area contributed by atoms with Crippen LogP contribution < -0.4 is 0 Å². The molecule has 4 heteroatoms. The third-order valence-corrected chi connectivity index (χ3v) is 2.37. The standard InChI is InChI=1S/C12H11BrO3/c13-8-7-11(14)10-4-1-9(2-5-10)3-6-12(15)16/h1-6H,7-8H2,(H,15,16)/b6-3+. The Morgan fingerprint density at radius 1 is 1.25 bits per heavy atom. The Balaban J connectivity index is 2.75. The van der Waals surface area contributed by atoms with E-state index < -0.39 is 5.97 Å². The molecule has 0 bridgehead atoms. The highest BCUT2D eigenvalue weighted by molar-refractivity contribution is 9.09. The van der Waals surface area contributed by atoms with Crippen LogP contribution in [-0.4, -0.2) is 22.2 Å². The molecule has 1 rings (SSSR count). The van der Waals surface area contributed by atoms with Crippen LogP contribution in [0.3, 0.4) is 0 Å². The number of alkyl halides is 1. The van der Waals surface area contributed by atoms with Gasteiger partial charge in [-0.2, -0.15) is 0 Å². The fraction of sp³-hybridized carbons (Fsp3) is 0.167. The number of carboxylic acid groups (broad SMARTS) is 1. The van der Waals surface area contributed by atoms with Gasteiger partial charge in [-0.15, -0.1) is 0 Å². The van der Waals surface area contributed by atoms with E-state index in [4.69, 9.17) is 5.11 Å². The first kappa shape index (κ1) is 12.6. The van der Waals surface area contributed by atoms with Gasteiger partial charge in [-0.3, -0.25) is 4.79 Å². The molecule has 1 N–H and O–H groups in total. The first-order chi connectivity index (χ1) is 7.63. The average Bonchev–Trinajstić information content (AvgIpc) is 2.27. The minimum atomic E-state index is -0.987. The smallest absolute Gasteiger partial charge is 0.328 e. The van der Waals surface area contributed by atoms with Gasteiger partial charge in [-0.05, 0) is 11.6 Å². The zero-order chi connectivity index (χ0) is 12.0. The molecule has 1 aromatic carbocycles. The molecule has 0 unspecified atom stereocenters. The number of ketones is 1. The quantitative estimate of drug-likeness (QED) is 0.513. The van der Waals surface area contributed by atoms with Gasteiger partial charge in [-0.1, -0.05) is 40.2 Å². The van der Waals surface area contributed by atoms with Crippen LogP contribution in [0.4, 0.5) is 0 Å². The van der Waals surface area contributed by atoms with Crippen LogP contribution in [0.25, 0.3) is 6.08 Å². The van der Waals surface area contributed by atoms with Crippen molar-refractivity contribution in [3.8, 4) is 0 Å². The normalized spacial score (nSPS) is 10.6. The van der Waals surface area contributed by atoms with E-state index in [-0.39, 0.29) is 5.78 Å². The predicted molar refractivity (Wildman–Crippen MR) is 65.9 cm³/mol. The molecule has 16 heavy (non-hydrogen) atoms. The molecule has 84 valence electrons. The number of carbonyl (C=O) groups is 2. The highest BCUT2D eigenvalue weighted by Gasteiger charge is 2.03. The Morgan fingerprint density at radius 2 is 1.88 bits per heavy atom. The maximum Gasteiger partial charge on any atom is 0.328 e. The maximum absolute atomic E-state index is 11.5. The number of aliphatic carboxylic acids is 1. The van der Waals surface area contributed by atoms with Crippen LogP contribution >= 0.6 is 15.9 Å². The Morgan fingerprint density at radius 3 is 2.38 bits per heavy atom. The summed E-state index contributed by atoms with van der Waals surface area (Å²) in [5.41, 5.74) is 1.41. The van der Waals surface area contributed by atoms with Gasteiger partial charge >= 0.3 is 5.97 Å². The first-order valence-corrected chi connectivity index (χ1v) is 5.86. The summed E-state index contributed by atoms with van der Waals surface area (Å²) < 4.78 is 0. The summed E-state index contributed by atoms with van der Waals surface area (Å²) in [5, 5.41) is 9.09. The third-order valence-electron chi connectivity index (χ3n) is 1.97. The van der Waals surface area contributed by atoms with Crippen molar-refractivity contribution in [3.63, 3.8) is 0 Å². The molecule has 0 heterocycles. The molecule has 0 aliphatic heterocycles. The number of carbonyl (C=O) groups excluding carboxylic acids is 1. The van der Waals surface area contributed by atoms with E-state index in [2.05, 4.69) is 15.9 Å². The fourth-order valence-electron chi connectivity index (χ4n) is 1.18. The fourth-order valence-corrected chi connectivity index (χ4v) is 1.54. The highest BCUT2D eigenvalue weighted by atomic mass is 79.9. The topological polar surface area (TPSA) is 54.4 Å². The monoisotopic (exact) mass is 282 g/mol. The van der Waals surface area contributed by atoms with Gasteiger partial charge in [-0.25, -0.2) is 4.79 Å². The molecule has 0 spiro atoms. The van der Waals surface area contributed by atoms with Crippen LogP contribution in [0.2, 0.25) is 0 Å². The van der Waals surface area contributed by atoms with Gasteiger partial charge in [0.15, 0.2) is 5.78 Å². The summed E-state index contributed by atoms with van der Waals surface area (Å²) >= 11 is 3.21. The van der Waals surface area contributed by atoms with E-state index in [0.29, 0.717) is 17.3 Å². The second-order valence-corrected chi connectivity index (χ2v) is 3.95. The number of hydrogen-bond acceptors (Lipinski definition) is 2. The first-order valence-electron chi connectivity index (χ1n) is 4.73. The van der Waals surface area contributed by atoms with E-state index in [9.17, 15) is 9.59 Å². The number of hydrogen-bond donors (Lipinski definition) is 1. The molecule has 0 amide bonds. The molecule has 0 aliphatic carbocycles. The van der Waals surface area contributed by atoms with Gasteiger partial charge < -0.3 is 5.11 Å². The van der Waals surface area contributed by atoms with Gasteiger partial charge in [0.05, 0.1) is 0 Å². The minimum Gasteiger partial charge on any atom is -0.478 e. The van der Waals surface area contributed by atoms with Crippen LogP contribution in [-0.2, 0) is 4.79 Å². The Bertz CT molecular complexity index is 407. The zero-order valence-corrected chi connectivity index (χ0v) is 10.1. The van der Waals surface area contributed by atoms with Crippen LogP contribution in [0, 0.1) is 0 Å². The molecule has 3 nitrogen and oxygen atoms in total. The summed E-state index contributed by atoms with van der Waals surface area (Å²) in [4.78, 5) is 21.8. The Labute approximate surface area is 102 Å². The molecule has 0 atom stereocenters. The van der Waals surface area contributed by atoms with E-state index in [1.807, 2.05) is 0 Å². The maximum atomic E-state index is 11.5. The van der Waals surface area contributed by atoms with Crippen molar-refractivity contribution >= 4 is 33.8 Å². The van der Waals surface area contributed by atoms with Crippen molar-refractivity contribution in [1.29, 1.82) is 0 Å². The van der Waals surface area contributed by atoms with E-state index in [1.54, 1.807) is 24.3 Å². The van der Waals surface area contributed by atoms with E-state index >= 15 is 0 Å². The lowest BCUT2D eigenvalue weighted by atomic mass is 10.1. The third kappa shape index (κ3) is 3.98. The van der Waals surface area contributed by atoms with Crippen molar-refractivity contribution in [2.45, 2.75) is 6.42 Å². The Hall–Kier alpha value is -1.42. The van der Waals surface area contributed by atoms with Crippen molar-refractivity contribution < 1.29 is 14.7 Å². The van der Waals surface area contributed by atoms with Crippen molar-refractivity contribution in [3.05, 3.63) is 41.5 Å². The number of benzene rings is 1. The highest BCUT2D eigenvalue weighted by Crippen LogP contribution is 2.09. The lowest BCUT2D eigenvalue weighted by Gasteiger charge is -1.99. The summed E-state index contributed by atoms with van der Waals surface area (Å²) in [6.07, 6.45) is 3.01. The average molecular weight is 283 g/mol. The molecule has 0 radical (unpaired) electrons. The lowest BCUT2D eigenvalue weighted by Crippen LogP contribution is -1.98. The predicted octanol–water partition coefficient (Wildman–Crippen LogP) is 2.75. The number of Topliss-reactive ketones (excluding diaryl/α,β-unsaturated/α-hetero) is 1. The van der Waals surface area contributed by atoms with Gasteiger partial charge in [0.25, 0.3) is 0 Å². The summed E-state index contributed by atoms with van der Waals surface area (Å²) in [7, 11) is 0. The van der Waals surface area contributed by atoms with Gasteiger partial charge in [0.1, 0.15) is 0 Å². The largest absolute Gasteiger partial charge is 0.478 e. The summed E-state index contributed by atoms with van der Waals surface area (Å²) in [6, 6.07) is 6.85. The molecule has 0 saturated heterocycles. The van der Waals surface area contributed by atoms with Crippen LogP contribution in [0.1, 0.15) is 22.3 Å². The molecule has 0 saturated carbocycles. The van der Waals surface area contributed by atoms with Crippen LogP contribution in [0.5, 0.6) is 0 Å². The van der Waals surface area contributed by atoms with Crippen molar-refractivity contribution in [1.82, 2.24) is 0 Å². The SMILES string of the molecule is O=C(O)/C=C/c1ccc(C(=O)CCBr)cc1. The molecule has 0 fully saturated rings. The van der Waals surface area contributed by atoms with Gasteiger partial charge in [0, 0.05) is 23.4 Å².